The SMILES string of the molecule is CC(C)c1ccc(-c2nc(C(=O)NNC(=O)C3CC3)cs2)cc1. The van der Waals surface area contributed by atoms with E-state index in [4.69, 9.17) is 0 Å². The molecule has 0 radical (unpaired) electrons. The Balaban J connectivity index is 1.64. The van der Waals surface area contributed by atoms with Gasteiger partial charge < -0.3 is 0 Å². The van der Waals surface area contributed by atoms with Crippen LogP contribution in [0.2, 0.25) is 0 Å². The Morgan fingerprint density at radius 2 is 1.87 bits per heavy atom. The number of rotatable bonds is 4. The Bertz CT molecular complexity index is 718. The monoisotopic (exact) mass is 329 g/mol. The minimum atomic E-state index is -0.389. The number of aromatic nitrogens is 1. The van der Waals surface area contributed by atoms with E-state index in [1.807, 2.05) is 12.1 Å². The molecule has 0 bridgehead atoms. The molecule has 2 amide bonds. The number of hydrogen-bond donors (Lipinski definition) is 2. The fourth-order valence-electron chi connectivity index (χ4n) is 2.15. The van der Waals surface area contributed by atoms with Crippen LogP contribution >= 0.6 is 11.3 Å². The molecular weight excluding hydrogens is 310 g/mol. The number of carbonyl (C=O) groups excluding carboxylic acids is 2. The van der Waals surface area contributed by atoms with Crippen molar-refractivity contribution in [2.75, 3.05) is 0 Å². The smallest absolute Gasteiger partial charge is 0.273 e. The van der Waals surface area contributed by atoms with Crippen molar-refractivity contribution in [1.29, 1.82) is 0 Å². The van der Waals surface area contributed by atoms with Crippen LogP contribution in [0.3, 0.4) is 0 Å². The van der Waals surface area contributed by atoms with Crippen LogP contribution in [0.4, 0.5) is 0 Å². The molecule has 0 atom stereocenters. The molecular formula is C17H19N3O2S. The quantitative estimate of drug-likeness (QED) is 0.847. The maximum Gasteiger partial charge on any atom is 0.289 e. The van der Waals surface area contributed by atoms with E-state index in [-0.39, 0.29) is 17.7 Å². The largest absolute Gasteiger partial charge is 0.289 e. The Labute approximate surface area is 139 Å². The van der Waals surface area contributed by atoms with Crippen LogP contribution in [0.5, 0.6) is 0 Å². The number of nitrogens with zero attached hydrogens (tertiary/aromatic N) is 1. The van der Waals surface area contributed by atoms with Gasteiger partial charge in [0.25, 0.3) is 5.91 Å². The Morgan fingerprint density at radius 1 is 1.17 bits per heavy atom. The van der Waals surface area contributed by atoms with Gasteiger partial charge in [-0.25, -0.2) is 4.98 Å². The molecule has 2 aromatic rings. The number of nitrogens with one attached hydrogen (secondary N) is 2. The predicted molar refractivity (Wildman–Crippen MR) is 90.0 cm³/mol. The summed E-state index contributed by atoms with van der Waals surface area (Å²) < 4.78 is 0. The lowest BCUT2D eigenvalue weighted by Gasteiger charge is -2.05. The van der Waals surface area contributed by atoms with Crippen LogP contribution in [-0.2, 0) is 4.79 Å². The van der Waals surface area contributed by atoms with Gasteiger partial charge in [0.2, 0.25) is 5.91 Å². The molecule has 1 aliphatic carbocycles. The number of amides is 2. The third kappa shape index (κ3) is 3.76. The molecule has 1 saturated carbocycles. The fraction of sp³-hybridized carbons (Fsp3) is 0.353. The second-order valence-corrected chi connectivity index (χ2v) is 6.89. The van der Waals surface area contributed by atoms with E-state index < -0.39 is 0 Å². The van der Waals surface area contributed by atoms with Gasteiger partial charge >= 0.3 is 0 Å². The van der Waals surface area contributed by atoms with Gasteiger partial charge in [0.05, 0.1) is 0 Å². The van der Waals surface area contributed by atoms with Crippen molar-refractivity contribution in [1.82, 2.24) is 15.8 Å². The molecule has 1 aromatic heterocycles. The summed E-state index contributed by atoms with van der Waals surface area (Å²) in [5.41, 5.74) is 7.42. The minimum absolute atomic E-state index is 0.0563. The maximum absolute atomic E-state index is 12.0. The highest BCUT2D eigenvalue weighted by Gasteiger charge is 2.29. The van der Waals surface area contributed by atoms with Crippen molar-refractivity contribution in [3.63, 3.8) is 0 Å². The summed E-state index contributed by atoms with van der Waals surface area (Å²) >= 11 is 1.41. The van der Waals surface area contributed by atoms with E-state index in [9.17, 15) is 9.59 Å². The average molecular weight is 329 g/mol. The van der Waals surface area contributed by atoms with Crippen molar-refractivity contribution in [2.45, 2.75) is 32.6 Å². The van der Waals surface area contributed by atoms with Gasteiger partial charge in [0.1, 0.15) is 10.7 Å². The summed E-state index contributed by atoms with van der Waals surface area (Å²) in [5.74, 6) is 0.0240. The number of hydrogen-bond acceptors (Lipinski definition) is 4. The molecule has 6 heteroatoms. The fourth-order valence-corrected chi connectivity index (χ4v) is 2.96. The number of hydrazine groups is 1. The zero-order valence-corrected chi connectivity index (χ0v) is 13.9. The second-order valence-electron chi connectivity index (χ2n) is 6.03. The molecule has 0 spiro atoms. The van der Waals surface area contributed by atoms with Crippen LogP contribution in [0.1, 0.15) is 48.7 Å². The first-order chi connectivity index (χ1) is 11.0. The summed E-state index contributed by atoms with van der Waals surface area (Å²) in [6, 6.07) is 8.20. The Hall–Kier alpha value is -2.21. The zero-order chi connectivity index (χ0) is 16.4. The summed E-state index contributed by atoms with van der Waals surface area (Å²) in [4.78, 5) is 27.9. The third-order valence-corrected chi connectivity index (χ3v) is 4.70. The van der Waals surface area contributed by atoms with Crippen LogP contribution in [0.25, 0.3) is 10.6 Å². The van der Waals surface area contributed by atoms with E-state index in [2.05, 4.69) is 41.8 Å². The average Bonchev–Trinajstić information content (AvgIpc) is 3.29. The minimum Gasteiger partial charge on any atom is -0.273 e. The van der Waals surface area contributed by atoms with Gasteiger partial charge in [-0.15, -0.1) is 11.3 Å². The Morgan fingerprint density at radius 3 is 2.48 bits per heavy atom. The van der Waals surface area contributed by atoms with E-state index in [1.54, 1.807) is 5.38 Å². The van der Waals surface area contributed by atoms with E-state index in [0.717, 1.165) is 23.4 Å². The summed E-state index contributed by atoms with van der Waals surface area (Å²) in [5, 5.41) is 2.49. The van der Waals surface area contributed by atoms with Crippen molar-refractivity contribution in [3.05, 3.63) is 40.9 Å². The molecule has 1 aromatic carbocycles. The van der Waals surface area contributed by atoms with Crippen LogP contribution < -0.4 is 10.9 Å². The normalized spacial score (nSPS) is 13.9. The number of thiazole rings is 1. The first kappa shape index (κ1) is 15.7. The second kappa shape index (κ2) is 6.50. The topological polar surface area (TPSA) is 71.1 Å². The van der Waals surface area contributed by atoms with Crippen molar-refractivity contribution in [2.24, 2.45) is 5.92 Å². The lowest BCUT2D eigenvalue weighted by atomic mass is 10.0. The number of benzene rings is 1. The lowest BCUT2D eigenvalue weighted by Crippen LogP contribution is -2.42. The van der Waals surface area contributed by atoms with E-state index in [0.29, 0.717) is 11.6 Å². The molecule has 5 nitrogen and oxygen atoms in total. The van der Waals surface area contributed by atoms with Crippen molar-refractivity contribution >= 4 is 23.2 Å². The molecule has 0 saturated heterocycles. The zero-order valence-electron chi connectivity index (χ0n) is 13.1. The van der Waals surface area contributed by atoms with Crippen LogP contribution in [0.15, 0.2) is 29.6 Å². The van der Waals surface area contributed by atoms with Gasteiger partial charge in [0.15, 0.2) is 0 Å². The van der Waals surface area contributed by atoms with E-state index >= 15 is 0 Å². The highest BCUT2D eigenvalue weighted by molar-refractivity contribution is 7.13. The Kier molecular flexibility index (Phi) is 4.43. The molecule has 120 valence electrons. The molecule has 23 heavy (non-hydrogen) atoms. The van der Waals surface area contributed by atoms with Gasteiger partial charge in [-0.1, -0.05) is 38.1 Å². The van der Waals surface area contributed by atoms with Gasteiger partial charge in [0, 0.05) is 16.9 Å². The van der Waals surface area contributed by atoms with Gasteiger partial charge in [-0.3, -0.25) is 20.4 Å². The van der Waals surface area contributed by atoms with Gasteiger partial charge in [-0.05, 0) is 24.3 Å². The maximum atomic E-state index is 12.0. The van der Waals surface area contributed by atoms with E-state index in [1.165, 1.54) is 16.9 Å². The highest BCUT2D eigenvalue weighted by Crippen LogP contribution is 2.28. The molecule has 0 unspecified atom stereocenters. The molecule has 1 heterocycles. The molecule has 1 fully saturated rings. The third-order valence-electron chi connectivity index (χ3n) is 3.81. The lowest BCUT2D eigenvalue weighted by molar-refractivity contribution is -0.123. The summed E-state index contributed by atoms with van der Waals surface area (Å²) in [6.07, 6.45) is 1.80. The van der Waals surface area contributed by atoms with Crippen molar-refractivity contribution < 1.29 is 9.59 Å². The molecule has 2 N–H and O–H groups in total. The van der Waals surface area contributed by atoms with Crippen molar-refractivity contribution in [3.8, 4) is 10.6 Å². The predicted octanol–water partition coefficient (Wildman–Crippen LogP) is 3.10. The van der Waals surface area contributed by atoms with Gasteiger partial charge in [-0.2, -0.15) is 0 Å². The van der Waals surface area contributed by atoms with Crippen LogP contribution in [-0.4, -0.2) is 16.8 Å². The molecule has 1 aliphatic rings. The standard InChI is InChI=1S/C17H19N3O2S/c1-10(2)11-3-7-13(8-4-11)17-18-14(9-23-17)16(22)20-19-15(21)12-5-6-12/h3-4,7-10,12H,5-6H2,1-2H3,(H,19,21)(H,20,22). The first-order valence-electron chi connectivity index (χ1n) is 7.70. The first-order valence-corrected chi connectivity index (χ1v) is 8.58. The summed E-state index contributed by atoms with van der Waals surface area (Å²) in [7, 11) is 0. The van der Waals surface area contributed by atoms with Crippen LogP contribution in [0, 0.1) is 5.92 Å². The number of carbonyl (C=O) groups is 2. The molecule has 0 aliphatic heterocycles. The molecule has 3 rings (SSSR count). The highest BCUT2D eigenvalue weighted by atomic mass is 32.1. The summed E-state index contributed by atoms with van der Waals surface area (Å²) in [6.45, 7) is 4.30.